The molecule has 4 heteroatoms. The predicted octanol–water partition coefficient (Wildman–Crippen LogP) is 3.17. The molecule has 1 aromatic heterocycles. The summed E-state index contributed by atoms with van der Waals surface area (Å²) in [5.41, 5.74) is 4.69. The zero-order valence-corrected chi connectivity index (χ0v) is 11.1. The van der Waals surface area contributed by atoms with E-state index in [0.29, 0.717) is 0 Å². The van der Waals surface area contributed by atoms with Crippen LogP contribution >= 0.6 is 0 Å². The first kappa shape index (κ1) is 12.4. The number of carboxylic acid groups (broad SMARTS) is 1. The van der Waals surface area contributed by atoms with Gasteiger partial charge in [0.05, 0.1) is 17.5 Å². The van der Waals surface area contributed by atoms with Gasteiger partial charge in [-0.25, -0.2) is 4.98 Å². The fraction of sp³-hybridized carbons (Fsp3) is 0.125. The molecular weight excluding hydrogens is 252 g/mol. The second kappa shape index (κ2) is 4.81. The fourth-order valence-corrected chi connectivity index (χ4v) is 2.19. The van der Waals surface area contributed by atoms with E-state index in [-0.39, 0.29) is 6.42 Å². The van der Waals surface area contributed by atoms with Gasteiger partial charge in [-0.15, -0.1) is 0 Å². The van der Waals surface area contributed by atoms with Gasteiger partial charge in [0.1, 0.15) is 5.82 Å². The van der Waals surface area contributed by atoms with Gasteiger partial charge in [-0.1, -0.05) is 35.9 Å². The summed E-state index contributed by atoms with van der Waals surface area (Å²) in [5, 5.41) is 8.82. The van der Waals surface area contributed by atoms with Crippen molar-refractivity contribution in [3.05, 3.63) is 53.6 Å². The molecule has 3 aromatic rings. The van der Waals surface area contributed by atoms with Gasteiger partial charge < -0.3 is 10.1 Å². The van der Waals surface area contributed by atoms with E-state index in [1.54, 1.807) is 6.07 Å². The van der Waals surface area contributed by atoms with Crippen molar-refractivity contribution < 1.29 is 9.90 Å². The number of fused-ring (bicyclic) bond motifs is 1. The molecule has 3 rings (SSSR count). The molecule has 1 heterocycles. The van der Waals surface area contributed by atoms with Crippen molar-refractivity contribution in [3.8, 4) is 11.4 Å². The lowest BCUT2D eigenvalue weighted by molar-refractivity contribution is -0.136. The summed E-state index contributed by atoms with van der Waals surface area (Å²) in [7, 11) is 0. The van der Waals surface area contributed by atoms with Crippen LogP contribution in [0.4, 0.5) is 0 Å². The number of aliphatic carboxylic acids is 1. The SMILES string of the molecule is Cc1ccc(-c2nc3ccc(CC(=O)O)cc3[nH]2)cc1. The summed E-state index contributed by atoms with van der Waals surface area (Å²) in [6.45, 7) is 2.04. The van der Waals surface area contributed by atoms with Gasteiger partial charge in [-0.2, -0.15) is 0 Å². The fourth-order valence-electron chi connectivity index (χ4n) is 2.19. The number of carboxylic acids is 1. The number of hydrogen-bond donors (Lipinski definition) is 2. The summed E-state index contributed by atoms with van der Waals surface area (Å²) in [5.74, 6) is -0.0323. The van der Waals surface area contributed by atoms with Crippen molar-refractivity contribution in [1.29, 1.82) is 0 Å². The van der Waals surface area contributed by atoms with Crippen LogP contribution in [-0.2, 0) is 11.2 Å². The van der Waals surface area contributed by atoms with Gasteiger partial charge in [-0.3, -0.25) is 4.79 Å². The normalized spacial score (nSPS) is 10.8. The third kappa shape index (κ3) is 2.40. The van der Waals surface area contributed by atoms with Crippen LogP contribution < -0.4 is 0 Å². The molecule has 2 aromatic carbocycles. The van der Waals surface area contributed by atoms with E-state index in [9.17, 15) is 4.79 Å². The Kier molecular flexibility index (Phi) is 2.99. The number of benzene rings is 2. The van der Waals surface area contributed by atoms with Crippen LogP contribution in [0, 0.1) is 6.92 Å². The predicted molar refractivity (Wildman–Crippen MR) is 77.6 cm³/mol. The molecule has 0 radical (unpaired) electrons. The smallest absolute Gasteiger partial charge is 0.307 e. The monoisotopic (exact) mass is 266 g/mol. The third-order valence-corrected chi connectivity index (χ3v) is 3.23. The topological polar surface area (TPSA) is 66.0 Å². The van der Waals surface area contributed by atoms with Crippen molar-refractivity contribution in [2.45, 2.75) is 13.3 Å². The molecule has 0 atom stereocenters. The highest BCUT2D eigenvalue weighted by Gasteiger charge is 2.07. The zero-order valence-electron chi connectivity index (χ0n) is 11.1. The highest BCUT2D eigenvalue weighted by Crippen LogP contribution is 2.21. The molecule has 0 aliphatic rings. The molecule has 0 saturated carbocycles. The maximum atomic E-state index is 10.7. The van der Waals surface area contributed by atoms with Crippen LogP contribution in [-0.4, -0.2) is 21.0 Å². The van der Waals surface area contributed by atoms with Crippen LogP contribution in [0.3, 0.4) is 0 Å². The van der Waals surface area contributed by atoms with Crippen molar-refractivity contribution in [2.24, 2.45) is 0 Å². The Bertz CT molecular complexity index is 773. The van der Waals surface area contributed by atoms with E-state index in [1.165, 1.54) is 5.56 Å². The van der Waals surface area contributed by atoms with Crippen molar-refractivity contribution in [1.82, 2.24) is 9.97 Å². The second-order valence-corrected chi connectivity index (χ2v) is 4.87. The molecule has 0 fully saturated rings. The first-order valence-electron chi connectivity index (χ1n) is 6.39. The van der Waals surface area contributed by atoms with Gasteiger partial charge in [0, 0.05) is 5.56 Å². The lowest BCUT2D eigenvalue weighted by Crippen LogP contribution is -1.99. The van der Waals surface area contributed by atoms with Gasteiger partial charge in [0.2, 0.25) is 0 Å². The van der Waals surface area contributed by atoms with Crippen molar-refractivity contribution in [3.63, 3.8) is 0 Å². The van der Waals surface area contributed by atoms with Gasteiger partial charge in [0.25, 0.3) is 0 Å². The Labute approximate surface area is 116 Å². The maximum absolute atomic E-state index is 10.7. The minimum absolute atomic E-state index is 0.0226. The number of carbonyl (C=O) groups is 1. The molecule has 100 valence electrons. The Hall–Kier alpha value is -2.62. The van der Waals surface area contributed by atoms with E-state index >= 15 is 0 Å². The molecular formula is C16H14N2O2. The van der Waals surface area contributed by atoms with Gasteiger partial charge in [0.15, 0.2) is 0 Å². The van der Waals surface area contributed by atoms with E-state index in [1.807, 2.05) is 43.3 Å². The van der Waals surface area contributed by atoms with E-state index in [0.717, 1.165) is 28.0 Å². The molecule has 2 N–H and O–H groups in total. The molecule has 0 aliphatic carbocycles. The maximum Gasteiger partial charge on any atom is 0.307 e. The van der Waals surface area contributed by atoms with E-state index in [2.05, 4.69) is 9.97 Å². The minimum atomic E-state index is -0.831. The summed E-state index contributed by atoms with van der Waals surface area (Å²) in [6.07, 6.45) is 0.0226. The largest absolute Gasteiger partial charge is 0.481 e. The van der Waals surface area contributed by atoms with Crippen LogP contribution in [0.1, 0.15) is 11.1 Å². The first-order chi connectivity index (χ1) is 9.61. The number of rotatable bonds is 3. The molecule has 0 amide bonds. The standard InChI is InChI=1S/C16H14N2O2/c1-10-2-5-12(6-3-10)16-17-13-7-4-11(9-15(19)20)8-14(13)18-16/h2-8H,9H2,1H3,(H,17,18)(H,19,20). The Morgan fingerprint density at radius 2 is 1.95 bits per heavy atom. The Balaban J connectivity index is 2.01. The van der Waals surface area contributed by atoms with Crippen molar-refractivity contribution in [2.75, 3.05) is 0 Å². The van der Waals surface area contributed by atoms with E-state index < -0.39 is 5.97 Å². The van der Waals surface area contributed by atoms with Gasteiger partial charge in [-0.05, 0) is 24.6 Å². The third-order valence-electron chi connectivity index (χ3n) is 3.23. The molecule has 0 bridgehead atoms. The number of aromatic amines is 1. The average Bonchev–Trinajstić information content (AvgIpc) is 2.81. The zero-order chi connectivity index (χ0) is 14.1. The molecule has 4 nitrogen and oxygen atoms in total. The first-order valence-corrected chi connectivity index (χ1v) is 6.39. The highest BCUT2D eigenvalue weighted by molar-refractivity contribution is 5.81. The summed E-state index contributed by atoms with van der Waals surface area (Å²) in [4.78, 5) is 18.5. The molecule has 0 aliphatic heterocycles. The number of aromatic nitrogens is 2. The lowest BCUT2D eigenvalue weighted by Gasteiger charge is -1.96. The summed E-state index contributed by atoms with van der Waals surface area (Å²) in [6, 6.07) is 13.6. The van der Waals surface area contributed by atoms with Crippen molar-refractivity contribution >= 4 is 17.0 Å². The summed E-state index contributed by atoms with van der Waals surface area (Å²) >= 11 is 0. The van der Waals surface area contributed by atoms with Crippen LogP contribution in [0.2, 0.25) is 0 Å². The van der Waals surface area contributed by atoms with E-state index in [4.69, 9.17) is 5.11 Å². The number of nitrogens with one attached hydrogen (secondary N) is 1. The molecule has 20 heavy (non-hydrogen) atoms. The minimum Gasteiger partial charge on any atom is -0.481 e. The Morgan fingerprint density at radius 1 is 1.20 bits per heavy atom. The summed E-state index contributed by atoms with van der Waals surface area (Å²) < 4.78 is 0. The van der Waals surface area contributed by atoms with Crippen LogP contribution in [0.25, 0.3) is 22.4 Å². The lowest BCUT2D eigenvalue weighted by atomic mass is 10.1. The quantitative estimate of drug-likeness (QED) is 0.765. The molecule has 0 unspecified atom stereocenters. The average molecular weight is 266 g/mol. The molecule has 0 saturated heterocycles. The number of nitrogens with zero attached hydrogens (tertiary/aromatic N) is 1. The highest BCUT2D eigenvalue weighted by atomic mass is 16.4. The number of hydrogen-bond acceptors (Lipinski definition) is 2. The second-order valence-electron chi connectivity index (χ2n) is 4.87. The number of aryl methyl sites for hydroxylation is 1. The van der Waals surface area contributed by atoms with Gasteiger partial charge >= 0.3 is 5.97 Å². The number of H-pyrrole nitrogens is 1. The Morgan fingerprint density at radius 3 is 2.65 bits per heavy atom. The molecule has 0 spiro atoms. The van der Waals surface area contributed by atoms with Crippen LogP contribution in [0.15, 0.2) is 42.5 Å². The number of imidazole rings is 1. The van der Waals surface area contributed by atoms with Crippen LogP contribution in [0.5, 0.6) is 0 Å².